The van der Waals surface area contributed by atoms with E-state index in [0.717, 1.165) is 5.56 Å². The first kappa shape index (κ1) is 21.5. The van der Waals surface area contributed by atoms with Gasteiger partial charge in [0.05, 0.1) is 41.8 Å². The van der Waals surface area contributed by atoms with E-state index in [4.69, 9.17) is 27.9 Å². The van der Waals surface area contributed by atoms with Crippen LogP contribution in [-0.2, 0) is 21.1 Å². The van der Waals surface area contributed by atoms with Gasteiger partial charge in [-0.3, -0.25) is 4.79 Å². The lowest BCUT2D eigenvalue weighted by Crippen LogP contribution is -2.38. The lowest BCUT2D eigenvalue weighted by Gasteiger charge is -2.25. The fourth-order valence-electron chi connectivity index (χ4n) is 3.58. The zero-order chi connectivity index (χ0) is 21.5. The number of hydrogen-bond acceptors (Lipinski definition) is 5. The Morgan fingerprint density at radius 3 is 2.63 bits per heavy atom. The summed E-state index contributed by atoms with van der Waals surface area (Å²) in [5, 5.41) is 1.12. The molecule has 158 valence electrons. The fraction of sp³-hybridized carbons (Fsp3) is 0.300. The highest BCUT2D eigenvalue weighted by atomic mass is 35.5. The molecule has 0 N–H and O–H groups in total. The lowest BCUT2D eigenvalue weighted by molar-refractivity contribution is -0.117. The maximum atomic E-state index is 12.7. The number of fused-ring (bicyclic) bond motifs is 1. The number of benzene rings is 2. The van der Waals surface area contributed by atoms with Crippen LogP contribution >= 0.6 is 35.0 Å². The third kappa shape index (κ3) is 4.46. The van der Waals surface area contributed by atoms with Crippen molar-refractivity contribution >= 4 is 61.6 Å². The number of hydrogen-bond donors (Lipinski definition) is 0. The zero-order valence-corrected chi connectivity index (χ0v) is 19.1. The summed E-state index contributed by atoms with van der Waals surface area (Å²) in [6, 6.07) is 11.8. The van der Waals surface area contributed by atoms with Crippen LogP contribution in [0.2, 0.25) is 10.0 Å². The fourth-order valence-corrected chi connectivity index (χ4v) is 7.88. The first-order chi connectivity index (χ1) is 14.3. The van der Waals surface area contributed by atoms with Crippen LogP contribution < -0.4 is 9.64 Å². The Labute approximate surface area is 189 Å². The predicted octanol–water partition coefficient (Wildman–Crippen LogP) is 3.85. The monoisotopic (exact) mass is 484 g/mol. The van der Waals surface area contributed by atoms with Gasteiger partial charge in [0, 0.05) is 10.3 Å². The summed E-state index contributed by atoms with van der Waals surface area (Å²) in [5.74, 6) is 0.412. The number of ether oxygens (including phenoxy) is 1. The second-order valence-electron chi connectivity index (χ2n) is 7.08. The molecular formula is C20H18Cl2N2O4S2. The SMILES string of the molecule is COc1ccc(CC(=O)N=C2S[C@H]3CS(=O)(=O)C[C@@H]3N2c2cc(Cl)ccc2Cl)cc1. The van der Waals surface area contributed by atoms with Crippen molar-refractivity contribution in [2.24, 2.45) is 4.99 Å². The molecule has 0 spiro atoms. The first-order valence-corrected chi connectivity index (χ1v) is 12.6. The van der Waals surface area contributed by atoms with Crippen molar-refractivity contribution in [3.63, 3.8) is 0 Å². The molecule has 2 heterocycles. The van der Waals surface area contributed by atoms with Crippen molar-refractivity contribution in [2.75, 3.05) is 23.5 Å². The van der Waals surface area contributed by atoms with Crippen molar-refractivity contribution < 1.29 is 17.9 Å². The molecule has 10 heteroatoms. The van der Waals surface area contributed by atoms with Gasteiger partial charge in [-0.2, -0.15) is 4.99 Å². The molecule has 0 radical (unpaired) electrons. The lowest BCUT2D eigenvalue weighted by atomic mass is 10.1. The minimum absolute atomic E-state index is 0.0147. The summed E-state index contributed by atoms with van der Waals surface area (Å²) in [4.78, 5) is 18.7. The summed E-state index contributed by atoms with van der Waals surface area (Å²) in [6.45, 7) is 0. The van der Waals surface area contributed by atoms with Crippen LogP contribution in [0, 0.1) is 0 Å². The number of carbonyl (C=O) groups is 1. The molecule has 2 atom stereocenters. The first-order valence-electron chi connectivity index (χ1n) is 9.11. The third-order valence-corrected chi connectivity index (χ3v) is 8.73. The number of carbonyl (C=O) groups excluding carboxylic acids is 1. The van der Waals surface area contributed by atoms with E-state index in [2.05, 4.69) is 4.99 Å². The molecule has 6 nitrogen and oxygen atoms in total. The number of amides is 1. The molecule has 0 saturated carbocycles. The van der Waals surface area contributed by atoms with E-state index in [-0.39, 0.29) is 35.1 Å². The van der Waals surface area contributed by atoms with Crippen molar-refractivity contribution in [1.29, 1.82) is 0 Å². The van der Waals surface area contributed by atoms with Gasteiger partial charge in [-0.25, -0.2) is 8.42 Å². The summed E-state index contributed by atoms with van der Waals surface area (Å²) in [7, 11) is -1.59. The van der Waals surface area contributed by atoms with Crippen LogP contribution in [0.25, 0.3) is 0 Å². The summed E-state index contributed by atoms with van der Waals surface area (Å²) >= 11 is 13.8. The number of rotatable bonds is 4. The van der Waals surface area contributed by atoms with Gasteiger partial charge in [0.2, 0.25) is 0 Å². The van der Waals surface area contributed by atoms with Crippen LogP contribution in [0.1, 0.15) is 5.56 Å². The topological polar surface area (TPSA) is 76.0 Å². The average molecular weight is 485 g/mol. The van der Waals surface area contributed by atoms with E-state index in [1.165, 1.54) is 11.8 Å². The molecule has 2 aliphatic rings. The van der Waals surface area contributed by atoms with Crippen LogP contribution in [-0.4, -0.2) is 49.4 Å². The molecule has 30 heavy (non-hydrogen) atoms. The van der Waals surface area contributed by atoms with Crippen molar-refractivity contribution in [3.05, 3.63) is 58.1 Å². The number of nitrogens with zero attached hydrogens (tertiary/aromatic N) is 2. The van der Waals surface area contributed by atoms with Gasteiger partial charge < -0.3 is 9.64 Å². The second kappa shape index (κ2) is 8.42. The summed E-state index contributed by atoms with van der Waals surface area (Å²) < 4.78 is 29.5. The van der Waals surface area contributed by atoms with Crippen molar-refractivity contribution in [2.45, 2.75) is 17.7 Å². The van der Waals surface area contributed by atoms with Crippen LogP contribution in [0.4, 0.5) is 5.69 Å². The van der Waals surface area contributed by atoms with Gasteiger partial charge in [-0.05, 0) is 35.9 Å². The van der Waals surface area contributed by atoms with Crippen molar-refractivity contribution in [3.8, 4) is 5.75 Å². The molecule has 4 rings (SSSR count). The number of halogens is 2. The third-order valence-electron chi connectivity index (χ3n) is 4.97. The standard InChI is InChI=1S/C20H18Cl2N2O4S2/c1-28-14-5-2-12(3-6-14)8-19(25)23-20-24(16-9-13(21)4-7-15(16)22)17-10-30(26,27)11-18(17)29-20/h2-7,9,17-18H,8,10-11H2,1H3/t17-,18-/m0/s1. The number of thioether (sulfide) groups is 1. The number of sulfone groups is 1. The molecule has 0 bridgehead atoms. The normalized spacial score (nSPS) is 23.6. The highest BCUT2D eigenvalue weighted by molar-refractivity contribution is 8.16. The smallest absolute Gasteiger partial charge is 0.252 e. The summed E-state index contributed by atoms with van der Waals surface area (Å²) in [5.41, 5.74) is 1.36. The molecule has 2 aromatic carbocycles. The quantitative estimate of drug-likeness (QED) is 0.655. The van der Waals surface area contributed by atoms with Crippen LogP contribution in [0.15, 0.2) is 47.5 Å². The Hall–Kier alpha value is -1.74. The molecule has 2 saturated heterocycles. The van der Waals surface area contributed by atoms with Crippen LogP contribution in [0.3, 0.4) is 0 Å². The highest BCUT2D eigenvalue weighted by Crippen LogP contribution is 2.43. The van der Waals surface area contributed by atoms with Gasteiger partial charge in [0.25, 0.3) is 5.91 Å². The molecule has 1 amide bonds. The van der Waals surface area contributed by atoms with E-state index < -0.39 is 9.84 Å². The maximum Gasteiger partial charge on any atom is 0.252 e. The number of anilines is 1. The number of methoxy groups -OCH3 is 1. The van der Waals surface area contributed by atoms with Gasteiger partial charge in [-0.1, -0.05) is 47.1 Å². The van der Waals surface area contributed by atoms with E-state index in [9.17, 15) is 13.2 Å². The highest BCUT2D eigenvalue weighted by Gasteiger charge is 2.49. The van der Waals surface area contributed by atoms with Gasteiger partial charge in [0.1, 0.15) is 5.75 Å². The Morgan fingerprint density at radius 1 is 1.20 bits per heavy atom. The Kier molecular flexibility index (Phi) is 6.03. The average Bonchev–Trinajstić information content (AvgIpc) is 3.15. The predicted molar refractivity (Wildman–Crippen MR) is 122 cm³/mol. The Balaban J connectivity index is 1.64. The van der Waals surface area contributed by atoms with E-state index in [1.54, 1.807) is 42.3 Å². The largest absolute Gasteiger partial charge is 0.497 e. The van der Waals surface area contributed by atoms with Gasteiger partial charge in [0.15, 0.2) is 15.0 Å². The molecule has 2 aliphatic heterocycles. The number of aliphatic imine (C=N–C) groups is 1. The number of amidine groups is 1. The maximum absolute atomic E-state index is 12.7. The Morgan fingerprint density at radius 2 is 1.93 bits per heavy atom. The molecule has 2 fully saturated rings. The second-order valence-corrected chi connectivity index (χ2v) is 11.3. The zero-order valence-electron chi connectivity index (χ0n) is 15.9. The van der Waals surface area contributed by atoms with Gasteiger partial charge >= 0.3 is 0 Å². The van der Waals surface area contributed by atoms with Gasteiger partial charge in [-0.15, -0.1) is 0 Å². The van der Waals surface area contributed by atoms with E-state index in [0.29, 0.717) is 26.6 Å². The molecular weight excluding hydrogens is 467 g/mol. The minimum atomic E-state index is -3.17. The minimum Gasteiger partial charge on any atom is -0.497 e. The van der Waals surface area contributed by atoms with E-state index in [1.807, 2.05) is 12.1 Å². The molecule has 0 unspecified atom stereocenters. The molecule has 0 aliphatic carbocycles. The van der Waals surface area contributed by atoms with E-state index >= 15 is 0 Å². The summed E-state index contributed by atoms with van der Waals surface area (Å²) in [6.07, 6.45) is 0.124. The van der Waals surface area contributed by atoms with Crippen molar-refractivity contribution in [1.82, 2.24) is 0 Å². The molecule has 2 aromatic rings. The molecule has 0 aromatic heterocycles. The van der Waals surface area contributed by atoms with Crippen LogP contribution in [0.5, 0.6) is 5.75 Å². The Bertz CT molecular complexity index is 1120.